The molecule has 0 bridgehead atoms. The maximum Gasteiger partial charge on any atom is 0.319 e. The second-order valence-corrected chi connectivity index (χ2v) is 3.35. The summed E-state index contributed by atoms with van der Waals surface area (Å²) in [6, 6.07) is 0.0443. The Hall–Kier alpha value is -0.420. The molecule has 12 heavy (non-hydrogen) atoms. The van der Waals surface area contributed by atoms with Gasteiger partial charge in [-0.1, -0.05) is 0 Å². The van der Waals surface area contributed by atoms with Crippen molar-refractivity contribution in [3.05, 3.63) is 0 Å². The molecule has 1 rings (SSSR count). The fourth-order valence-electron chi connectivity index (χ4n) is 1.27. The van der Waals surface area contributed by atoms with Crippen molar-refractivity contribution in [1.82, 2.24) is 9.80 Å². The van der Waals surface area contributed by atoms with Crippen LogP contribution >= 0.6 is 12.9 Å². The van der Waals surface area contributed by atoms with Gasteiger partial charge in [0.2, 0.25) is 0 Å². The summed E-state index contributed by atoms with van der Waals surface area (Å²) in [6.07, 6.45) is 0.973. The summed E-state index contributed by atoms with van der Waals surface area (Å²) >= 11 is 3.72. The molecule has 1 heterocycles. The third kappa shape index (κ3) is 2.04. The molecule has 0 aromatic heterocycles. The standard InChI is InChI=1S/C7H14N2O2S/c1-8(2)7(10)9-4-3-6(5-9)11-12/h6,12H,3-5H2,1-2H3. The lowest BCUT2D eigenvalue weighted by atomic mass is 10.3. The highest BCUT2D eigenvalue weighted by atomic mass is 32.1. The minimum Gasteiger partial charge on any atom is -0.331 e. The first-order chi connectivity index (χ1) is 5.65. The topological polar surface area (TPSA) is 32.8 Å². The molecule has 1 fully saturated rings. The van der Waals surface area contributed by atoms with Crippen molar-refractivity contribution < 1.29 is 8.98 Å². The SMILES string of the molecule is CN(C)C(=O)N1CCC(OS)C1. The number of likely N-dealkylation sites (tertiary alicyclic amines) is 1. The minimum atomic E-state index is 0.0443. The van der Waals surface area contributed by atoms with Crippen LogP contribution in [0.25, 0.3) is 0 Å². The molecule has 1 atom stereocenters. The molecule has 0 aliphatic carbocycles. The number of nitrogens with zero attached hydrogens (tertiary/aromatic N) is 2. The van der Waals surface area contributed by atoms with Crippen LogP contribution in [0.1, 0.15) is 6.42 Å². The Morgan fingerprint density at radius 3 is 2.75 bits per heavy atom. The second-order valence-electron chi connectivity index (χ2n) is 3.14. The quantitative estimate of drug-likeness (QED) is 0.485. The molecule has 1 aliphatic heterocycles. The molecule has 0 aromatic rings. The Morgan fingerprint density at radius 1 is 1.67 bits per heavy atom. The number of hydrogen-bond donors (Lipinski definition) is 1. The van der Waals surface area contributed by atoms with E-state index in [1.54, 1.807) is 23.9 Å². The predicted molar refractivity (Wildman–Crippen MR) is 49.1 cm³/mol. The van der Waals surface area contributed by atoms with Crippen LogP contribution in [-0.4, -0.2) is 49.1 Å². The molecule has 1 saturated heterocycles. The first-order valence-electron chi connectivity index (χ1n) is 3.91. The Balaban J connectivity index is 2.41. The van der Waals surface area contributed by atoms with Gasteiger partial charge in [0.05, 0.1) is 6.10 Å². The third-order valence-electron chi connectivity index (χ3n) is 1.95. The van der Waals surface area contributed by atoms with E-state index in [0.29, 0.717) is 6.54 Å². The van der Waals surface area contributed by atoms with E-state index in [1.807, 2.05) is 0 Å². The Labute approximate surface area is 78.1 Å². The number of amides is 2. The summed E-state index contributed by atoms with van der Waals surface area (Å²) in [5.41, 5.74) is 0. The van der Waals surface area contributed by atoms with Crippen molar-refractivity contribution in [3.8, 4) is 0 Å². The van der Waals surface area contributed by atoms with Crippen LogP contribution in [0.2, 0.25) is 0 Å². The highest BCUT2D eigenvalue weighted by Gasteiger charge is 2.27. The molecule has 1 unspecified atom stereocenters. The van der Waals surface area contributed by atoms with Gasteiger partial charge in [0.25, 0.3) is 0 Å². The maximum absolute atomic E-state index is 11.4. The zero-order valence-electron chi connectivity index (χ0n) is 7.36. The minimum absolute atomic E-state index is 0.0443. The van der Waals surface area contributed by atoms with Crippen LogP contribution < -0.4 is 0 Å². The van der Waals surface area contributed by atoms with Gasteiger partial charge in [0, 0.05) is 27.2 Å². The van der Waals surface area contributed by atoms with Crippen molar-refractivity contribution in [2.24, 2.45) is 0 Å². The molecule has 2 amide bonds. The van der Waals surface area contributed by atoms with E-state index < -0.39 is 0 Å². The van der Waals surface area contributed by atoms with Gasteiger partial charge in [-0.25, -0.2) is 4.79 Å². The normalized spacial score (nSPS) is 22.9. The lowest BCUT2D eigenvalue weighted by Gasteiger charge is -2.20. The van der Waals surface area contributed by atoms with Crippen molar-refractivity contribution in [1.29, 1.82) is 0 Å². The first-order valence-corrected chi connectivity index (χ1v) is 4.28. The highest BCUT2D eigenvalue weighted by molar-refractivity contribution is 7.75. The third-order valence-corrected chi connectivity index (χ3v) is 2.25. The number of carbonyl (C=O) groups excluding carboxylic acids is 1. The predicted octanol–water partition coefficient (Wildman–Crippen LogP) is 0.604. The van der Waals surface area contributed by atoms with Crippen molar-refractivity contribution in [3.63, 3.8) is 0 Å². The van der Waals surface area contributed by atoms with Crippen molar-refractivity contribution in [2.75, 3.05) is 27.2 Å². The average Bonchev–Trinajstić information content (AvgIpc) is 2.50. The van der Waals surface area contributed by atoms with E-state index in [9.17, 15) is 4.79 Å². The zero-order valence-corrected chi connectivity index (χ0v) is 8.25. The van der Waals surface area contributed by atoms with Gasteiger partial charge in [0.1, 0.15) is 0 Å². The summed E-state index contributed by atoms with van der Waals surface area (Å²) in [5, 5.41) is 0. The smallest absolute Gasteiger partial charge is 0.319 e. The van der Waals surface area contributed by atoms with Gasteiger partial charge in [-0.3, -0.25) is 0 Å². The Morgan fingerprint density at radius 2 is 2.33 bits per heavy atom. The molecule has 1 aliphatic rings. The van der Waals surface area contributed by atoms with Crippen LogP contribution in [-0.2, 0) is 4.18 Å². The van der Waals surface area contributed by atoms with Crippen molar-refractivity contribution in [2.45, 2.75) is 12.5 Å². The lowest BCUT2D eigenvalue weighted by Crippen LogP contribution is -2.38. The largest absolute Gasteiger partial charge is 0.331 e. The van der Waals surface area contributed by atoms with E-state index >= 15 is 0 Å². The molecule has 5 heteroatoms. The summed E-state index contributed by atoms with van der Waals surface area (Å²) in [6.45, 7) is 1.42. The monoisotopic (exact) mass is 190 g/mol. The van der Waals surface area contributed by atoms with Crippen LogP contribution in [0.5, 0.6) is 0 Å². The van der Waals surface area contributed by atoms with E-state index in [-0.39, 0.29) is 12.1 Å². The first kappa shape index (κ1) is 9.67. The number of carbonyl (C=O) groups is 1. The number of rotatable bonds is 1. The van der Waals surface area contributed by atoms with Gasteiger partial charge in [0.15, 0.2) is 0 Å². The second kappa shape index (κ2) is 4.00. The lowest BCUT2D eigenvalue weighted by molar-refractivity contribution is 0.174. The van der Waals surface area contributed by atoms with Gasteiger partial charge in [-0.2, -0.15) is 0 Å². The van der Waals surface area contributed by atoms with Crippen LogP contribution in [0.4, 0.5) is 4.79 Å². The molecule has 0 N–H and O–H groups in total. The van der Waals surface area contributed by atoms with Gasteiger partial charge in [-0.05, 0) is 19.3 Å². The Kier molecular flexibility index (Phi) is 3.22. The van der Waals surface area contributed by atoms with Gasteiger partial charge in [-0.15, -0.1) is 0 Å². The number of hydrogen-bond acceptors (Lipinski definition) is 3. The highest BCUT2D eigenvalue weighted by Crippen LogP contribution is 2.14. The van der Waals surface area contributed by atoms with E-state index in [1.165, 1.54) is 0 Å². The molecule has 4 nitrogen and oxygen atoms in total. The van der Waals surface area contributed by atoms with Gasteiger partial charge < -0.3 is 14.0 Å². The zero-order chi connectivity index (χ0) is 9.14. The summed E-state index contributed by atoms with van der Waals surface area (Å²) < 4.78 is 4.85. The van der Waals surface area contributed by atoms with Crippen LogP contribution in [0.15, 0.2) is 0 Å². The summed E-state index contributed by atoms with van der Waals surface area (Å²) in [4.78, 5) is 14.7. The van der Waals surface area contributed by atoms with Crippen LogP contribution in [0, 0.1) is 0 Å². The maximum atomic E-state index is 11.4. The van der Waals surface area contributed by atoms with Gasteiger partial charge >= 0.3 is 6.03 Å². The van der Waals surface area contributed by atoms with Crippen molar-refractivity contribution >= 4 is 18.9 Å². The number of urea groups is 1. The summed E-state index contributed by atoms with van der Waals surface area (Å²) in [7, 11) is 3.49. The number of thiol groups is 1. The average molecular weight is 190 g/mol. The molecule has 70 valence electrons. The molecule has 0 spiro atoms. The van der Waals surface area contributed by atoms with Crippen LogP contribution in [0.3, 0.4) is 0 Å². The summed E-state index contributed by atoms with van der Waals surface area (Å²) in [5.74, 6) is 0. The molecular formula is C7H14N2O2S. The van der Waals surface area contributed by atoms with E-state index in [4.69, 9.17) is 4.18 Å². The van der Waals surface area contributed by atoms with E-state index in [2.05, 4.69) is 12.9 Å². The fourth-order valence-corrected chi connectivity index (χ4v) is 1.44. The Bertz CT molecular complexity index is 175. The molecular weight excluding hydrogens is 176 g/mol. The fraction of sp³-hybridized carbons (Fsp3) is 0.857. The molecule has 0 aromatic carbocycles. The molecule has 0 saturated carbocycles. The molecule has 0 radical (unpaired) electrons. The van der Waals surface area contributed by atoms with E-state index in [0.717, 1.165) is 13.0 Å².